The second-order valence-corrected chi connectivity index (χ2v) is 7.36. The van der Waals surface area contributed by atoms with E-state index in [0.29, 0.717) is 10.3 Å². The van der Waals surface area contributed by atoms with Gasteiger partial charge in [-0.05, 0) is 36.8 Å². The summed E-state index contributed by atoms with van der Waals surface area (Å²) in [7, 11) is 3.54. The summed E-state index contributed by atoms with van der Waals surface area (Å²) in [6.45, 7) is 2.48. The molecule has 1 aliphatic carbocycles. The topological polar surface area (TPSA) is 45.7 Å². The highest BCUT2D eigenvalue weighted by atomic mass is 127. The summed E-state index contributed by atoms with van der Waals surface area (Å²) < 4.78 is 18.8. The van der Waals surface area contributed by atoms with Gasteiger partial charge in [-0.2, -0.15) is 0 Å². The van der Waals surface area contributed by atoms with E-state index in [1.807, 2.05) is 12.1 Å². The molecule has 0 spiro atoms. The molecule has 0 aliphatic heterocycles. The van der Waals surface area contributed by atoms with E-state index < -0.39 is 0 Å². The van der Waals surface area contributed by atoms with Crippen LogP contribution in [0.15, 0.2) is 34.2 Å². The summed E-state index contributed by atoms with van der Waals surface area (Å²) in [4.78, 5) is 4.96. The van der Waals surface area contributed by atoms with Crippen molar-refractivity contribution >= 4 is 41.7 Å². The Kier molecular flexibility index (Phi) is 10.8. The molecule has 2 N–H and O–H groups in total. The molecule has 1 aromatic rings. The van der Waals surface area contributed by atoms with Crippen LogP contribution in [-0.4, -0.2) is 45.6 Å². The summed E-state index contributed by atoms with van der Waals surface area (Å²) in [5, 5.41) is 6.73. The second-order valence-electron chi connectivity index (χ2n) is 6.23. The lowest BCUT2D eigenvalue weighted by atomic mass is 9.67. The van der Waals surface area contributed by atoms with Crippen molar-refractivity contribution in [2.75, 3.05) is 39.6 Å². The maximum atomic E-state index is 13.6. The molecule has 0 atom stereocenters. The molecule has 25 heavy (non-hydrogen) atoms. The highest BCUT2D eigenvalue weighted by molar-refractivity contribution is 14.0. The number of ether oxygens (including phenoxy) is 1. The molecule has 7 heteroatoms. The van der Waals surface area contributed by atoms with Crippen LogP contribution in [0.5, 0.6) is 0 Å². The van der Waals surface area contributed by atoms with E-state index in [4.69, 9.17) is 4.74 Å². The number of rotatable bonds is 9. The Labute approximate surface area is 171 Å². The predicted octanol–water partition coefficient (Wildman–Crippen LogP) is 3.91. The quantitative estimate of drug-likeness (QED) is 0.185. The largest absolute Gasteiger partial charge is 0.385 e. The molecule has 0 bridgehead atoms. The maximum Gasteiger partial charge on any atom is 0.191 e. The van der Waals surface area contributed by atoms with Gasteiger partial charge in [-0.15, -0.1) is 35.7 Å². The van der Waals surface area contributed by atoms with Gasteiger partial charge in [0, 0.05) is 44.5 Å². The first-order valence-corrected chi connectivity index (χ1v) is 9.48. The van der Waals surface area contributed by atoms with Gasteiger partial charge in [-0.3, -0.25) is 4.99 Å². The molecule has 1 aliphatic rings. The van der Waals surface area contributed by atoms with E-state index in [9.17, 15) is 4.39 Å². The van der Waals surface area contributed by atoms with E-state index in [1.165, 1.54) is 37.1 Å². The highest BCUT2D eigenvalue weighted by Gasteiger charge is 2.36. The standard InChI is InChI=1S/C18H28FN3OS.HI/c1-20-17(22-14-18(8-5-9-18)10-12-23-2)21-11-13-24-16-7-4-3-6-15(16)19;/h3-4,6-7H,5,8-14H2,1-2H3,(H2,20,21,22);1H. The van der Waals surface area contributed by atoms with Crippen LogP contribution in [0.3, 0.4) is 0 Å². The van der Waals surface area contributed by atoms with Crippen molar-refractivity contribution in [2.45, 2.75) is 30.6 Å². The zero-order chi connectivity index (χ0) is 17.3. The zero-order valence-electron chi connectivity index (χ0n) is 15.0. The van der Waals surface area contributed by atoms with Gasteiger partial charge in [0.2, 0.25) is 0 Å². The van der Waals surface area contributed by atoms with Crippen LogP contribution < -0.4 is 10.6 Å². The minimum atomic E-state index is -0.157. The molecule has 1 fully saturated rings. The predicted molar refractivity (Wildman–Crippen MR) is 115 cm³/mol. The van der Waals surface area contributed by atoms with Gasteiger partial charge >= 0.3 is 0 Å². The van der Waals surface area contributed by atoms with E-state index >= 15 is 0 Å². The number of halogens is 2. The summed E-state index contributed by atoms with van der Waals surface area (Å²) in [6, 6.07) is 6.87. The average Bonchev–Trinajstić information content (AvgIpc) is 2.56. The fourth-order valence-corrected chi connectivity index (χ4v) is 3.70. The van der Waals surface area contributed by atoms with E-state index in [-0.39, 0.29) is 29.8 Å². The van der Waals surface area contributed by atoms with Crippen LogP contribution in [0.2, 0.25) is 0 Å². The molecule has 0 aromatic heterocycles. The number of hydrogen-bond acceptors (Lipinski definition) is 3. The van der Waals surface area contributed by atoms with Crippen LogP contribution in [0.1, 0.15) is 25.7 Å². The number of benzene rings is 1. The van der Waals surface area contributed by atoms with E-state index in [1.54, 1.807) is 20.2 Å². The summed E-state index contributed by atoms with van der Waals surface area (Å²) in [5.41, 5.74) is 0.357. The minimum absolute atomic E-state index is 0. The van der Waals surface area contributed by atoms with Crippen LogP contribution in [-0.2, 0) is 4.74 Å². The molecule has 1 saturated carbocycles. The van der Waals surface area contributed by atoms with E-state index in [2.05, 4.69) is 15.6 Å². The first-order chi connectivity index (χ1) is 11.7. The molecule has 0 unspecified atom stereocenters. The van der Waals surface area contributed by atoms with Gasteiger partial charge < -0.3 is 15.4 Å². The fraction of sp³-hybridized carbons (Fsp3) is 0.611. The van der Waals surface area contributed by atoms with Gasteiger partial charge in [0.15, 0.2) is 5.96 Å². The second kappa shape index (κ2) is 12.0. The molecule has 0 radical (unpaired) electrons. The van der Waals surface area contributed by atoms with Gasteiger partial charge in [-0.1, -0.05) is 18.6 Å². The summed E-state index contributed by atoms with van der Waals surface area (Å²) in [6.07, 6.45) is 4.90. The fourth-order valence-electron chi connectivity index (χ4n) is 2.89. The van der Waals surface area contributed by atoms with Crippen LogP contribution in [0, 0.1) is 11.2 Å². The normalized spacial score (nSPS) is 15.9. The molecule has 1 aromatic carbocycles. The van der Waals surface area contributed by atoms with Gasteiger partial charge in [-0.25, -0.2) is 4.39 Å². The molecule has 142 valence electrons. The van der Waals surface area contributed by atoms with Crippen molar-refractivity contribution in [3.05, 3.63) is 30.1 Å². The van der Waals surface area contributed by atoms with Gasteiger partial charge in [0.05, 0.1) is 0 Å². The number of nitrogens with one attached hydrogen (secondary N) is 2. The van der Waals surface area contributed by atoms with Crippen LogP contribution >= 0.6 is 35.7 Å². The highest BCUT2D eigenvalue weighted by Crippen LogP contribution is 2.43. The smallest absolute Gasteiger partial charge is 0.191 e. The SMILES string of the molecule is CN=C(NCCSc1ccccc1F)NCC1(CCOC)CCC1.I. The van der Waals surface area contributed by atoms with Crippen molar-refractivity contribution in [3.63, 3.8) is 0 Å². The Balaban J connectivity index is 0.00000312. The molecule has 0 saturated heterocycles. The Morgan fingerprint density at radius 1 is 1.32 bits per heavy atom. The first-order valence-electron chi connectivity index (χ1n) is 8.50. The molecule has 4 nitrogen and oxygen atoms in total. The number of hydrogen-bond donors (Lipinski definition) is 2. The Bertz CT molecular complexity index is 541. The Hall–Kier alpha value is -0.540. The van der Waals surface area contributed by atoms with Crippen LogP contribution in [0.4, 0.5) is 4.39 Å². The van der Waals surface area contributed by atoms with E-state index in [0.717, 1.165) is 37.8 Å². The third-order valence-electron chi connectivity index (χ3n) is 4.59. The Morgan fingerprint density at radius 2 is 2.08 bits per heavy atom. The lowest BCUT2D eigenvalue weighted by Crippen LogP contribution is -2.47. The third kappa shape index (κ3) is 7.30. The van der Waals surface area contributed by atoms with Crippen molar-refractivity contribution in [3.8, 4) is 0 Å². The lowest BCUT2D eigenvalue weighted by Gasteiger charge is -2.42. The van der Waals surface area contributed by atoms with Gasteiger partial charge in [0.25, 0.3) is 0 Å². The van der Waals surface area contributed by atoms with Crippen molar-refractivity contribution in [1.29, 1.82) is 0 Å². The monoisotopic (exact) mass is 481 g/mol. The summed E-state index contributed by atoms with van der Waals surface area (Å²) in [5.74, 6) is 1.44. The average molecular weight is 481 g/mol. The number of methoxy groups -OCH3 is 1. The van der Waals surface area contributed by atoms with Crippen LogP contribution in [0.25, 0.3) is 0 Å². The molecular formula is C18H29FIN3OS. The van der Waals surface area contributed by atoms with Crippen molar-refractivity contribution in [1.82, 2.24) is 10.6 Å². The zero-order valence-corrected chi connectivity index (χ0v) is 18.2. The number of aliphatic imine (C=N–C) groups is 1. The number of nitrogens with zero attached hydrogens (tertiary/aromatic N) is 1. The number of thioether (sulfide) groups is 1. The molecule has 0 heterocycles. The van der Waals surface area contributed by atoms with Crippen molar-refractivity contribution < 1.29 is 9.13 Å². The number of guanidine groups is 1. The maximum absolute atomic E-state index is 13.6. The first kappa shape index (κ1) is 22.5. The Morgan fingerprint density at radius 3 is 2.68 bits per heavy atom. The van der Waals surface area contributed by atoms with Gasteiger partial charge in [0.1, 0.15) is 5.82 Å². The third-order valence-corrected chi connectivity index (χ3v) is 5.64. The minimum Gasteiger partial charge on any atom is -0.385 e. The summed E-state index contributed by atoms with van der Waals surface area (Å²) >= 11 is 1.51. The molecular weight excluding hydrogens is 452 g/mol. The molecule has 2 rings (SSSR count). The van der Waals surface area contributed by atoms with Crippen molar-refractivity contribution in [2.24, 2.45) is 10.4 Å². The lowest BCUT2D eigenvalue weighted by molar-refractivity contribution is 0.0733. The molecule has 0 amide bonds.